The molecular formula is C17H22O4. The first-order valence-electron chi connectivity index (χ1n) is 6.72. The summed E-state index contributed by atoms with van der Waals surface area (Å²) in [7, 11) is 4.49. The minimum Gasteiger partial charge on any atom is -0.500 e. The second-order valence-electron chi connectivity index (χ2n) is 4.53. The standard InChI is InChI=1S/C17H22O4/c1-13(16(20-3)12-17(18)21-4)15(19-2)11-10-14-8-6-5-7-9-14/h5-13,15H,1-4H3/b11-10+,16-12-. The van der Waals surface area contributed by atoms with E-state index < -0.39 is 5.97 Å². The predicted molar refractivity (Wildman–Crippen MR) is 82.5 cm³/mol. The van der Waals surface area contributed by atoms with Crippen molar-refractivity contribution >= 4 is 12.0 Å². The van der Waals surface area contributed by atoms with E-state index in [1.807, 2.05) is 49.4 Å². The maximum Gasteiger partial charge on any atom is 0.333 e. The van der Waals surface area contributed by atoms with Crippen molar-refractivity contribution in [1.29, 1.82) is 0 Å². The van der Waals surface area contributed by atoms with E-state index in [2.05, 4.69) is 4.74 Å². The maximum atomic E-state index is 11.3. The molecule has 0 aliphatic heterocycles. The van der Waals surface area contributed by atoms with Gasteiger partial charge >= 0.3 is 5.97 Å². The van der Waals surface area contributed by atoms with E-state index in [1.165, 1.54) is 20.3 Å². The molecule has 0 bridgehead atoms. The molecule has 1 rings (SSSR count). The van der Waals surface area contributed by atoms with Gasteiger partial charge in [-0.2, -0.15) is 0 Å². The summed E-state index contributed by atoms with van der Waals surface area (Å²) in [5.41, 5.74) is 1.09. The SMILES string of the molecule is COC(=O)/C=C(\OC)C(C)C(/C=C/c1ccccc1)OC. The molecule has 0 heterocycles. The fraction of sp³-hybridized carbons (Fsp3) is 0.353. The molecule has 4 nitrogen and oxygen atoms in total. The second kappa shape index (κ2) is 8.97. The summed E-state index contributed by atoms with van der Waals surface area (Å²) in [5.74, 6) is -0.0361. The van der Waals surface area contributed by atoms with E-state index in [9.17, 15) is 4.79 Å². The zero-order valence-corrected chi connectivity index (χ0v) is 12.9. The maximum absolute atomic E-state index is 11.3. The van der Waals surface area contributed by atoms with Crippen molar-refractivity contribution in [2.45, 2.75) is 13.0 Å². The molecule has 0 aromatic heterocycles. The van der Waals surface area contributed by atoms with Crippen LogP contribution in [0.5, 0.6) is 0 Å². The van der Waals surface area contributed by atoms with Crippen LogP contribution in [0.2, 0.25) is 0 Å². The molecule has 0 spiro atoms. The van der Waals surface area contributed by atoms with Crippen molar-refractivity contribution in [2.24, 2.45) is 5.92 Å². The highest BCUT2D eigenvalue weighted by molar-refractivity contribution is 5.82. The lowest BCUT2D eigenvalue weighted by Gasteiger charge is -2.21. The predicted octanol–water partition coefficient (Wildman–Crippen LogP) is 3.05. The average Bonchev–Trinajstić information content (AvgIpc) is 2.53. The zero-order chi connectivity index (χ0) is 15.7. The van der Waals surface area contributed by atoms with E-state index in [-0.39, 0.29) is 12.0 Å². The summed E-state index contributed by atoms with van der Waals surface area (Å²) < 4.78 is 15.4. The number of methoxy groups -OCH3 is 3. The van der Waals surface area contributed by atoms with Gasteiger partial charge in [-0.15, -0.1) is 0 Å². The first kappa shape index (κ1) is 17.0. The van der Waals surface area contributed by atoms with E-state index in [0.717, 1.165) is 5.56 Å². The van der Waals surface area contributed by atoms with Crippen molar-refractivity contribution in [1.82, 2.24) is 0 Å². The molecule has 2 unspecified atom stereocenters. The van der Waals surface area contributed by atoms with Gasteiger partial charge in [-0.05, 0) is 5.56 Å². The minimum atomic E-state index is -0.444. The van der Waals surface area contributed by atoms with Gasteiger partial charge in [-0.1, -0.05) is 49.4 Å². The molecule has 0 saturated heterocycles. The Morgan fingerprint density at radius 3 is 2.29 bits per heavy atom. The first-order chi connectivity index (χ1) is 10.1. The summed E-state index contributed by atoms with van der Waals surface area (Å²) in [6, 6.07) is 9.94. The summed E-state index contributed by atoms with van der Waals surface area (Å²) >= 11 is 0. The summed E-state index contributed by atoms with van der Waals surface area (Å²) in [5, 5.41) is 0. The van der Waals surface area contributed by atoms with E-state index in [1.54, 1.807) is 7.11 Å². The molecule has 0 fully saturated rings. The van der Waals surface area contributed by atoms with E-state index in [0.29, 0.717) is 5.76 Å². The quantitative estimate of drug-likeness (QED) is 0.440. The van der Waals surface area contributed by atoms with Crippen LogP contribution >= 0.6 is 0 Å². The summed E-state index contributed by atoms with van der Waals surface area (Å²) in [4.78, 5) is 11.3. The van der Waals surface area contributed by atoms with Gasteiger partial charge < -0.3 is 14.2 Å². The first-order valence-corrected chi connectivity index (χ1v) is 6.72. The highest BCUT2D eigenvalue weighted by Gasteiger charge is 2.20. The summed E-state index contributed by atoms with van der Waals surface area (Å²) in [6.07, 6.45) is 5.06. The number of benzene rings is 1. The third-order valence-electron chi connectivity index (χ3n) is 3.19. The topological polar surface area (TPSA) is 44.8 Å². The Labute approximate surface area is 126 Å². The number of carbonyl (C=O) groups excluding carboxylic acids is 1. The fourth-order valence-electron chi connectivity index (χ4n) is 1.93. The monoisotopic (exact) mass is 290 g/mol. The Bertz CT molecular complexity index is 491. The second-order valence-corrected chi connectivity index (χ2v) is 4.53. The lowest BCUT2D eigenvalue weighted by Crippen LogP contribution is -2.21. The van der Waals surface area contributed by atoms with Gasteiger partial charge in [0, 0.05) is 13.0 Å². The Balaban J connectivity index is 2.85. The molecule has 21 heavy (non-hydrogen) atoms. The third-order valence-corrected chi connectivity index (χ3v) is 3.19. The largest absolute Gasteiger partial charge is 0.500 e. The van der Waals surface area contributed by atoms with Gasteiger partial charge in [0.2, 0.25) is 0 Å². The number of carbonyl (C=O) groups is 1. The third kappa shape index (κ3) is 5.44. The number of esters is 1. The molecule has 114 valence electrons. The highest BCUT2D eigenvalue weighted by atomic mass is 16.5. The van der Waals surface area contributed by atoms with Crippen molar-refractivity contribution in [3.63, 3.8) is 0 Å². The molecule has 0 aliphatic carbocycles. The normalized spacial score (nSPS) is 14.8. The highest BCUT2D eigenvalue weighted by Crippen LogP contribution is 2.20. The van der Waals surface area contributed by atoms with Crippen molar-refractivity contribution in [3.05, 3.63) is 53.8 Å². The summed E-state index contributed by atoms with van der Waals surface area (Å²) in [6.45, 7) is 1.93. The molecule has 4 heteroatoms. The van der Waals surface area contributed by atoms with Crippen LogP contribution < -0.4 is 0 Å². The van der Waals surface area contributed by atoms with Gasteiger partial charge in [0.15, 0.2) is 0 Å². The van der Waals surface area contributed by atoms with Crippen LogP contribution in [-0.2, 0) is 19.0 Å². The number of rotatable bonds is 7. The van der Waals surface area contributed by atoms with Crippen LogP contribution in [-0.4, -0.2) is 33.4 Å². The van der Waals surface area contributed by atoms with Crippen LogP contribution in [0.4, 0.5) is 0 Å². The van der Waals surface area contributed by atoms with Crippen LogP contribution in [0.15, 0.2) is 48.2 Å². The number of hydrogen-bond acceptors (Lipinski definition) is 4. The molecule has 0 saturated carbocycles. The molecule has 0 radical (unpaired) electrons. The van der Waals surface area contributed by atoms with Crippen LogP contribution in [0.1, 0.15) is 12.5 Å². The van der Waals surface area contributed by atoms with Crippen molar-refractivity contribution < 1.29 is 19.0 Å². The van der Waals surface area contributed by atoms with Gasteiger partial charge in [-0.3, -0.25) is 0 Å². The van der Waals surface area contributed by atoms with Gasteiger partial charge in [-0.25, -0.2) is 4.79 Å². The molecule has 0 N–H and O–H groups in total. The molecule has 1 aromatic rings. The van der Waals surface area contributed by atoms with Gasteiger partial charge in [0.05, 0.1) is 26.4 Å². The minimum absolute atomic E-state index is 0.112. The smallest absolute Gasteiger partial charge is 0.333 e. The lowest BCUT2D eigenvalue weighted by molar-refractivity contribution is -0.135. The molecule has 0 aliphatic rings. The van der Waals surface area contributed by atoms with Gasteiger partial charge in [0.25, 0.3) is 0 Å². The molecule has 1 aromatic carbocycles. The fourth-order valence-corrected chi connectivity index (χ4v) is 1.93. The Hall–Kier alpha value is -2.07. The zero-order valence-electron chi connectivity index (χ0n) is 12.9. The van der Waals surface area contributed by atoms with Crippen molar-refractivity contribution in [2.75, 3.05) is 21.3 Å². The molecular weight excluding hydrogens is 268 g/mol. The lowest BCUT2D eigenvalue weighted by atomic mass is 10.0. The Morgan fingerprint density at radius 1 is 1.10 bits per heavy atom. The van der Waals surface area contributed by atoms with Gasteiger partial charge in [0.1, 0.15) is 5.76 Å². The van der Waals surface area contributed by atoms with Crippen LogP contribution in [0, 0.1) is 5.92 Å². The van der Waals surface area contributed by atoms with E-state index >= 15 is 0 Å². The number of ether oxygens (including phenoxy) is 3. The van der Waals surface area contributed by atoms with Crippen LogP contribution in [0.25, 0.3) is 6.08 Å². The Kier molecular flexibility index (Phi) is 7.26. The Morgan fingerprint density at radius 2 is 1.76 bits per heavy atom. The van der Waals surface area contributed by atoms with E-state index in [4.69, 9.17) is 9.47 Å². The average molecular weight is 290 g/mol. The van der Waals surface area contributed by atoms with Crippen LogP contribution in [0.3, 0.4) is 0 Å². The van der Waals surface area contributed by atoms with Crippen molar-refractivity contribution in [3.8, 4) is 0 Å². The number of hydrogen-bond donors (Lipinski definition) is 0. The molecule has 0 amide bonds. The molecule has 2 atom stereocenters.